The second-order valence-corrected chi connectivity index (χ2v) is 6.86. The minimum atomic E-state index is -0.0600. The van der Waals surface area contributed by atoms with Gasteiger partial charge in [-0.25, -0.2) is 9.97 Å². The van der Waals surface area contributed by atoms with Crippen LogP contribution >= 0.6 is 11.8 Å². The molecule has 0 radical (unpaired) electrons. The highest BCUT2D eigenvalue weighted by Gasteiger charge is 2.12. The molecule has 0 bridgehead atoms. The molecule has 1 heterocycles. The first-order valence-electron chi connectivity index (χ1n) is 8.42. The van der Waals surface area contributed by atoms with Gasteiger partial charge in [-0.05, 0) is 32.4 Å². The molecule has 26 heavy (non-hydrogen) atoms. The van der Waals surface area contributed by atoms with Gasteiger partial charge in [0.25, 0.3) is 0 Å². The average Bonchev–Trinajstić information content (AvgIpc) is 2.63. The molecular formula is C19H23N5OS. The Labute approximate surface area is 158 Å². The Kier molecular flexibility index (Phi) is 7.42. The topological polar surface area (TPSA) is 81.9 Å². The highest BCUT2D eigenvalue weighted by atomic mass is 32.2. The van der Waals surface area contributed by atoms with Crippen molar-refractivity contribution in [3.63, 3.8) is 0 Å². The van der Waals surface area contributed by atoms with Crippen LogP contribution in [0.4, 0.5) is 5.69 Å². The van der Waals surface area contributed by atoms with E-state index in [2.05, 4.69) is 38.4 Å². The van der Waals surface area contributed by atoms with E-state index in [0.717, 1.165) is 18.7 Å². The number of aromatic nitrogens is 2. The Bertz CT molecular complexity index is 789. The van der Waals surface area contributed by atoms with Crippen molar-refractivity contribution < 1.29 is 4.79 Å². The van der Waals surface area contributed by atoms with Crippen LogP contribution in [-0.4, -0.2) is 41.8 Å². The third-order valence-corrected chi connectivity index (χ3v) is 4.79. The molecule has 6 nitrogen and oxygen atoms in total. The zero-order valence-corrected chi connectivity index (χ0v) is 16.1. The van der Waals surface area contributed by atoms with Gasteiger partial charge in [-0.1, -0.05) is 30.0 Å². The lowest BCUT2D eigenvalue weighted by atomic mass is 10.3. The van der Waals surface area contributed by atoms with Gasteiger partial charge >= 0.3 is 0 Å². The van der Waals surface area contributed by atoms with Gasteiger partial charge in [0.15, 0.2) is 0 Å². The predicted octanol–water partition coefficient (Wildman–Crippen LogP) is 2.70. The monoisotopic (exact) mass is 369 g/mol. The second-order valence-electron chi connectivity index (χ2n) is 5.90. The first-order chi connectivity index (χ1) is 12.5. The number of hydrogen-bond donors (Lipinski definition) is 1. The number of amides is 1. The summed E-state index contributed by atoms with van der Waals surface area (Å²) >= 11 is 1.27. The Balaban J connectivity index is 1.74. The normalized spacial score (nSPS) is 10.2. The van der Waals surface area contributed by atoms with Gasteiger partial charge in [-0.15, -0.1) is 0 Å². The van der Waals surface area contributed by atoms with Crippen LogP contribution in [0.3, 0.4) is 0 Å². The lowest BCUT2D eigenvalue weighted by Crippen LogP contribution is -2.29. The number of carbonyl (C=O) groups is 1. The Hall–Kier alpha value is -2.59. The first kappa shape index (κ1) is 19.7. The molecule has 2 aromatic rings. The number of benzene rings is 1. The van der Waals surface area contributed by atoms with E-state index < -0.39 is 0 Å². The Morgan fingerprint density at radius 3 is 2.69 bits per heavy atom. The molecule has 0 fully saturated rings. The van der Waals surface area contributed by atoms with Crippen molar-refractivity contribution in [1.82, 2.24) is 15.3 Å². The smallest absolute Gasteiger partial charge is 0.230 e. The minimum Gasteiger partial charge on any atom is -0.375 e. The number of anilines is 1. The summed E-state index contributed by atoms with van der Waals surface area (Å²) in [7, 11) is 2.04. The molecule has 1 amide bonds. The number of para-hydroxylation sites is 1. The zero-order chi connectivity index (χ0) is 18.9. The zero-order valence-electron chi connectivity index (χ0n) is 15.3. The molecule has 1 aromatic carbocycles. The highest BCUT2D eigenvalue weighted by molar-refractivity contribution is 8.00. The summed E-state index contributed by atoms with van der Waals surface area (Å²) < 4.78 is 0. The molecule has 0 aliphatic rings. The van der Waals surface area contributed by atoms with E-state index in [-0.39, 0.29) is 11.7 Å². The van der Waals surface area contributed by atoms with Crippen LogP contribution in [0.1, 0.15) is 23.5 Å². The van der Waals surface area contributed by atoms with Gasteiger partial charge in [-0.3, -0.25) is 4.79 Å². The van der Waals surface area contributed by atoms with Crippen molar-refractivity contribution in [2.45, 2.75) is 25.3 Å². The molecule has 7 heteroatoms. The molecule has 0 saturated carbocycles. The number of thioether (sulfide) groups is 1. The number of nitriles is 1. The quantitative estimate of drug-likeness (QED) is 0.438. The highest BCUT2D eigenvalue weighted by Crippen LogP contribution is 2.21. The van der Waals surface area contributed by atoms with Crippen LogP contribution in [0, 0.1) is 25.2 Å². The molecule has 0 aliphatic carbocycles. The van der Waals surface area contributed by atoms with Gasteiger partial charge in [0, 0.05) is 25.8 Å². The predicted molar refractivity (Wildman–Crippen MR) is 104 cm³/mol. The largest absolute Gasteiger partial charge is 0.375 e. The SMILES string of the molecule is Cc1nc(C)c(C#N)c(SCC(=O)NCCCN(C)c2ccccc2)n1. The number of rotatable bonds is 8. The molecule has 0 aliphatic heterocycles. The third kappa shape index (κ3) is 5.74. The number of carbonyl (C=O) groups excluding carboxylic acids is 1. The maximum absolute atomic E-state index is 12.0. The number of aryl methyl sites for hydroxylation is 2. The van der Waals surface area contributed by atoms with Crippen LogP contribution in [0.2, 0.25) is 0 Å². The van der Waals surface area contributed by atoms with Crippen LogP contribution in [0.5, 0.6) is 0 Å². The van der Waals surface area contributed by atoms with Crippen molar-refractivity contribution in [2.24, 2.45) is 0 Å². The summed E-state index contributed by atoms with van der Waals surface area (Å²) in [6.45, 7) is 5.03. The van der Waals surface area contributed by atoms with Crippen LogP contribution in [0.25, 0.3) is 0 Å². The van der Waals surface area contributed by atoms with E-state index in [1.807, 2.05) is 25.2 Å². The number of hydrogen-bond acceptors (Lipinski definition) is 6. The van der Waals surface area contributed by atoms with E-state index in [0.29, 0.717) is 28.7 Å². The van der Waals surface area contributed by atoms with Crippen LogP contribution in [-0.2, 0) is 4.79 Å². The van der Waals surface area contributed by atoms with Crippen molar-refractivity contribution in [2.75, 3.05) is 30.8 Å². The maximum Gasteiger partial charge on any atom is 0.230 e. The summed E-state index contributed by atoms with van der Waals surface area (Å²) in [5.74, 6) is 0.780. The summed E-state index contributed by atoms with van der Waals surface area (Å²) in [6, 6.07) is 12.3. The fourth-order valence-electron chi connectivity index (χ4n) is 2.45. The van der Waals surface area contributed by atoms with E-state index in [9.17, 15) is 10.1 Å². The summed E-state index contributed by atoms with van der Waals surface area (Å²) in [5.41, 5.74) is 2.25. The van der Waals surface area contributed by atoms with Gasteiger partial charge in [0.05, 0.1) is 11.4 Å². The molecule has 1 aromatic heterocycles. The third-order valence-electron chi connectivity index (χ3n) is 3.81. The van der Waals surface area contributed by atoms with E-state index in [4.69, 9.17) is 0 Å². The van der Waals surface area contributed by atoms with Crippen LogP contribution < -0.4 is 10.2 Å². The van der Waals surface area contributed by atoms with Crippen molar-refractivity contribution in [3.05, 3.63) is 47.4 Å². The van der Waals surface area contributed by atoms with Gasteiger partial charge in [-0.2, -0.15) is 5.26 Å². The van der Waals surface area contributed by atoms with Crippen molar-refractivity contribution in [3.8, 4) is 6.07 Å². The van der Waals surface area contributed by atoms with E-state index in [1.165, 1.54) is 11.8 Å². The number of nitrogens with zero attached hydrogens (tertiary/aromatic N) is 4. The molecule has 0 saturated heterocycles. The number of nitrogens with one attached hydrogen (secondary N) is 1. The molecule has 0 atom stereocenters. The first-order valence-corrected chi connectivity index (χ1v) is 9.41. The molecule has 1 N–H and O–H groups in total. The fourth-order valence-corrected chi connectivity index (χ4v) is 3.36. The van der Waals surface area contributed by atoms with Crippen LogP contribution in [0.15, 0.2) is 35.4 Å². The molecule has 0 unspecified atom stereocenters. The standard InChI is InChI=1S/C19H23N5OS/c1-14-17(12-20)19(23-15(2)22-14)26-13-18(25)21-10-7-11-24(3)16-8-5-4-6-9-16/h4-6,8-9H,7,10-11,13H2,1-3H3,(H,21,25). The van der Waals surface area contributed by atoms with Gasteiger partial charge < -0.3 is 10.2 Å². The fraction of sp³-hybridized carbons (Fsp3) is 0.368. The van der Waals surface area contributed by atoms with Crippen molar-refractivity contribution in [1.29, 1.82) is 5.26 Å². The lowest BCUT2D eigenvalue weighted by molar-refractivity contribution is -0.118. The molecule has 0 spiro atoms. The Morgan fingerprint density at radius 2 is 2.00 bits per heavy atom. The van der Waals surface area contributed by atoms with Crippen molar-refractivity contribution >= 4 is 23.4 Å². The second kappa shape index (κ2) is 9.78. The molecule has 2 rings (SSSR count). The molecule has 136 valence electrons. The van der Waals surface area contributed by atoms with Gasteiger partial charge in [0.2, 0.25) is 5.91 Å². The summed E-state index contributed by atoms with van der Waals surface area (Å²) in [6.07, 6.45) is 0.858. The lowest BCUT2D eigenvalue weighted by Gasteiger charge is -2.19. The van der Waals surface area contributed by atoms with Gasteiger partial charge in [0.1, 0.15) is 22.5 Å². The molecular weight excluding hydrogens is 346 g/mol. The average molecular weight is 369 g/mol. The maximum atomic E-state index is 12.0. The summed E-state index contributed by atoms with van der Waals surface area (Å²) in [4.78, 5) is 22.6. The Morgan fingerprint density at radius 1 is 1.27 bits per heavy atom. The minimum absolute atomic E-state index is 0.0600. The van der Waals surface area contributed by atoms with E-state index in [1.54, 1.807) is 13.8 Å². The van der Waals surface area contributed by atoms with E-state index >= 15 is 0 Å². The summed E-state index contributed by atoms with van der Waals surface area (Å²) in [5, 5.41) is 12.7.